The Balaban J connectivity index is 1.83. The van der Waals surface area contributed by atoms with Gasteiger partial charge in [-0.05, 0) is 40.4 Å². The summed E-state index contributed by atoms with van der Waals surface area (Å²) >= 11 is 0. The predicted molar refractivity (Wildman–Crippen MR) is 233 cm³/mol. The summed E-state index contributed by atoms with van der Waals surface area (Å²) in [5, 5.41) is 19.8. The lowest BCUT2D eigenvalue weighted by Crippen LogP contribution is -2.62. The molecule has 1 aliphatic rings. The maximum Gasteiger partial charge on any atom is 0.243 e. The standard InChI is InChI=1S/C47H63N7O7/c1-27(2)37-44(58)49-34(24-31-18-12-9-13-19-31)41(55)48-35(25-32-20-14-10-15-21-32)42(56)52-39(29(5)6)46(60)54-40(30(7)8)47(61)53-38(28(3)4)45(59)50-36(43(57)51-37)26-33-22-16-11-17-23-33/h9-23,27-30,34-40H,24-26H2,1-8H3,(H,48,55)(H,49,58)(H,50,59)(H,51,57)(H,52,56)(H,53,61)(H,54,60)/t34-,35+,36+,37-,38-,39-,40-/m1/s1. The molecule has 0 aromatic heterocycles. The maximum absolute atomic E-state index is 14.4. The average Bonchev–Trinajstić information content (AvgIpc) is 3.22. The molecule has 3 aromatic carbocycles. The van der Waals surface area contributed by atoms with Gasteiger partial charge in [-0.2, -0.15) is 0 Å². The van der Waals surface area contributed by atoms with E-state index in [0.29, 0.717) is 0 Å². The van der Waals surface area contributed by atoms with Gasteiger partial charge in [-0.3, -0.25) is 33.6 Å². The minimum atomic E-state index is -1.20. The minimum Gasteiger partial charge on any atom is -0.342 e. The van der Waals surface area contributed by atoms with Crippen molar-refractivity contribution in [2.75, 3.05) is 0 Å². The van der Waals surface area contributed by atoms with Crippen molar-refractivity contribution in [3.63, 3.8) is 0 Å². The summed E-state index contributed by atoms with van der Waals surface area (Å²) < 4.78 is 0. The summed E-state index contributed by atoms with van der Waals surface area (Å²) in [4.78, 5) is 99.4. The average molecular weight is 838 g/mol. The van der Waals surface area contributed by atoms with Crippen LogP contribution in [0.2, 0.25) is 0 Å². The van der Waals surface area contributed by atoms with E-state index in [1.165, 1.54) is 0 Å². The molecular weight excluding hydrogens is 775 g/mol. The van der Waals surface area contributed by atoms with Gasteiger partial charge in [0.15, 0.2) is 0 Å². The normalized spacial score (nSPS) is 24.2. The van der Waals surface area contributed by atoms with E-state index in [2.05, 4.69) is 37.2 Å². The van der Waals surface area contributed by atoms with E-state index in [0.717, 1.165) is 16.7 Å². The first kappa shape index (κ1) is 47.6. The third-order valence-electron chi connectivity index (χ3n) is 10.7. The van der Waals surface area contributed by atoms with Crippen LogP contribution in [0.25, 0.3) is 0 Å². The number of benzene rings is 3. The van der Waals surface area contributed by atoms with Crippen molar-refractivity contribution in [3.05, 3.63) is 108 Å². The van der Waals surface area contributed by atoms with Gasteiger partial charge in [0.1, 0.15) is 42.3 Å². The van der Waals surface area contributed by atoms with Gasteiger partial charge in [0.25, 0.3) is 0 Å². The van der Waals surface area contributed by atoms with Crippen molar-refractivity contribution in [2.45, 2.75) is 117 Å². The zero-order valence-corrected chi connectivity index (χ0v) is 36.5. The molecule has 328 valence electrons. The van der Waals surface area contributed by atoms with E-state index in [1.54, 1.807) is 91.8 Å². The van der Waals surface area contributed by atoms with Gasteiger partial charge in [0.05, 0.1) is 0 Å². The second-order valence-corrected chi connectivity index (χ2v) is 17.2. The molecule has 14 nitrogen and oxygen atoms in total. The van der Waals surface area contributed by atoms with Crippen molar-refractivity contribution >= 4 is 41.4 Å². The number of nitrogens with one attached hydrogen (secondary N) is 7. The molecule has 0 saturated carbocycles. The number of carbonyl (C=O) groups excluding carboxylic acids is 7. The van der Waals surface area contributed by atoms with E-state index >= 15 is 0 Å². The lowest BCUT2D eigenvalue weighted by atomic mass is 9.97. The lowest BCUT2D eigenvalue weighted by Gasteiger charge is -2.30. The molecule has 1 heterocycles. The Morgan fingerprint density at radius 1 is 0.311 bits per heavy atom. The second-order valence-electron chi connectivity index (χ2n) is 17.2. The first-order valence-electron chi connectivity index (χ1n) is 21.2. The third-order valence-corrected chi connectivity index (χ3v) is 10.7. The summed E-state index contributed by atoms with van der Waals surface area (Å²) in [5.41, 5.74) is 2.20. The minimum absolute atomic E-state index is 0.0504. The molecule has 0 aliphatic carbocycles. The van der Waals surface area contributed by atoms with Crippen molar-refractivity contribution in [2.24, 2.45) is 23.7 Å². The number of carbonyl (C=O) groups is 7. The zero-order chi connectivity index (χ0) is 44.8. The number of hydrogen-bond acceptors (Lipinski definition) is 7. The summed E-state index contributed by atoms with van der Waals surface area (Å²) in [7, 11) is 0. The molecule has 4 rings (SSSR count). The molecule has 14 heteroatoms. The van der Waals surface area contributed by atoms with Gasteiger partial charge in [-0.15, -0.1) is 0 Å². The maximum atomic E-state index is 14.4. The molecule has 1 fully saturated rings. The monoisotopic (exact) mass is 837 g/mol. The van der Waals surface area contributed by atoms with Crippen molar-refractivity contribution < 1.29 is 33.6 Å². The van der Waals surface area contributed by atoms with Crippen molar-refractivity contribution in [3.8, 4) is 0 Å². The summed E-state index contributed by atoms with van der Waals surface area (Å²) in [6, 6.07) is 19.1. The molecule has 7 amide bonds. The van der Waals surface area contributed by atoms with Gasteiger partial charge in [-0.25, -0.2) is 0 Å². The number of amides is 7. The van der Waals surface area contributed by atoms with Gasteiger partial charge in [-0.1, -0.05) is 146 Å². The van der Waals surface area contributed by atoms with Crippen LogP contribution in [-0.2, 0) is 52.8 Å². The van der Waals surface area contributed by atoms with E-state index < -0.39 is 107 Å². The topological polar surface area (TPSA) is 204 Å². The Morgan fingerprint density at radius 3 is 0.754 bits per heavy atom. The lowest BCUT2D eigenvalue weighted by molar-refractivity contribution is -0.136. The van der Waals surface area contributed by atoms with E-state index in [4.69, 9.17) is 0 Å². The highest BCUT2D eigenvalue weighted by molar-refractivity contribution is 5.99. The van der Waals surface area contributed by atoms with Crippen LogP contribution in [0.15, 0.2) is 91.0 Å². The molecule has 3 aromatic rings. The highest BCUT2D eigenvalue weighted by atomic mass is 16.2. The van der Waals surface area contributed by atoms with E-state index in [-0.39, 0.29) is 19.3 Å². The van der Waals surface area contributed by atoms with Gasteiger partial charge in [0.2, 0.25) is 41.4 Å². The Bertz CT molecular complexity index is 1960. The first-order valence-corrected chi connectivity index (χ1v) is 21.2. The SMILES string of the molecule is CC(C)[C@H]1NC(=O)[C@H](Cc2ccccc2)NC(=O)[C@@H](C(C)C)NC(=O)[C@@H](C(C)C)NC(=O)[C@@H](C(C)C)NC(=O)[C@H](Cc2ccccc2)NC(=O)[C@@H](Cc2ccccc2)NC1=O. The molecule has 0 unspecified atom stereocenters. The Kier molecular flexibility index (Phi) is 17.6. The highest BCUT2D eigenvalue weighted by Crippen LogP contribution is 2.14. The quantitative estimate of drug-likeness (QED) is 0.163. The van der Waals surface area contributed by atoms with Crippen molar-refractivity contribution in [1.82, 2.24) is 37.2 Å². The molecule has 0 radical (unpaired) electrons. The molecule has 0 bridgehead atoms. The summed E-state index contributed by atoms with van der Waals surface area (Å²) in [5.74, 6) is -6.32. The van der Waals surface area contributed by atoms with Gasteiger partial charge >= 0.3 is 0 Å². The fourth-order valence-corrected chi connectivity index (χ4v) is 7.11. The van der Waals surface area contributed by atoms with E-state index in [9.17, 15) is 33.6 Å². The van der Waals surface area contributed by atoms with Gasteiger partial charge < -0.3 is 37.2 Å². The smallest absolute Gasteiger partial charge is 0.243 e. The first-order chi connectivity index (χ1) is 28.9. The number of hydrogen-bond donors (Lipinski definition) is 7. The molecule has 1 aliphatic heterocycles. The molecule has 1 saturated heterocycles. The molecule has 0 spiro atoms. The predicted octanol–water partition coefficient (Wildman–Crippen LogP) is 2.75. The van der Waals surface area contributed by atoms with Crippen LogP contribution in [0.5, 0.6) is 0 Å². The van der Waals surface area contributed by atoms with Gasteiger partial charge in [0, 0.05) is 19.3 Å². The van der Waals surface area contributed by atoms with Crippen LogP contribution in [0.3, 0.4) is 0 Å². The largest absolute Gasteiger partial charge is 0.342 e. The van der Waals surface area contributed by atoms with Crippen LogP contribution in [0, 0.1) is 23.7 Å². The fourth-order valence-electron chi connectivity index (χ4n) is 7.11. The molecule has 61 heavy (non-hydrogen) atoms. The summed E-state index contributed by atoms with van der Waals surface area (Å²) in [6.45, 7) is 14.0. The highest BCUT2D eigenvalue weighted by Gasteiger charge is 2.38. The zero-order valence-electron chi connectivity index (χ0n) is 36.5. The second kappa shape index (κ2) is 22.5. The molecular formula is C47H63N7O7. The Hall–Kier alpha value is -6.05. The van der Waals surface area contributed by atoms with Crippen LogP contribution >= 0.6 is 0 Å². The van der Waals surface area contributed by atoms with Crippen LogP contribution in [0.4, 0.5) is 0 Å². The summed E-state index contributed by atoms with van der Waals surface area (Å²) in [6.07, 6.45) is 0.168. The fraction of sp³-hybridized carbons (Fsp3) is 0.468. The Labute approximate surface area is 359 Å². The van der Waals surface area contributed by atoms with E-state index in [1.807, 2.05) is 54.6 Å². The third kappa shape index (κ3) is 14.0. The van der Waals surface area contributed by atoms with Crippen LogP contribution in [0.1, 0.15) is 72.1 Å². The van der Waals surface area contributed by atoms with Crippen LogP contribution in [-0.4, -0.2) is 83.6 Å². The van der Waals surface area contributed by atoms with Crippen molar-refractivity contribution in [1.29, 1.82) is 0 Å². The Morgan fingerprint density at radius 2 is 0.508 bits per heavy atom. The number of rotatable bonds is 10. The molecule has 7 atom stereocenters. The molecule has 7 N–H and O–H groups in total. The van der Waals surface area contributed by atoms with Crippen LogP contribution < -0.4 is 37.2 Å².